The van der Waals surface area contributed by atoms with Crippen LogP contribution in [0.5, 0.6) is 0 Å². The van der Waals surface area contributed by atoms with Crippen LogP contribution in [0.15, 0.2) is 17.8 Å². The normalized spacial score (nSPS) is 19.7. The Balaban J connectivity index is 1.82. The number of piperidine rings is 1. The lowest BCUT2D eigenvalue weighted by atomic mass is 10.0. The first-order valence-corrected chi connectivity index (χ1v) is 7.93. The average molecular weight is 276 g/mol. The predicted octanol–water partition coefficient (Wildman–Crippen LogP) is 2.66. The van der Waals surface area contributed by atoms with Crippen molar-refractivity contribution in [3.63, 3.8) is 0 Å². The van der Waals surface area contributed by atoms with Crippen LogP contribution in [-0.4, -0.2) is 35.6 Å². The van der Waals surface area contributed by atoms with Gasteiger partial charge in [-0.1, -0.05) is 6.42 Å². The van der Waals surface area contributed by atoms with E-state index in [2.05, 4.69) is 38.6 Å². The molecular weight excluding hydrogens is 256 g/mol. The minimum Gasteiger partial charge on any atom is -0.355 e. The molecule has 0 radical (unpaired) electrons. The van der Waals surface area contributed by atoms with E-state index >= 15 is 0 Å². The lowest BCUT2D eigenvalue weighted by molar-refractivity contribution is 0.400. The van der Waals surface area contributed by atoms with E-state index in [-0.39, 0.29) is 0 Å². The van der Waals surface area contributed by atoms with Crippen molar-refractivity contribution in [1.29, 1.82) is 0 Å². The fourth-order valence-corrected chi connectivity index (χ4v) is 3.47. The molecule has 0 amide bonds. The third kappa shape index (κ3) is 2.72. The summed E-state index contributed by atoms with van der Waals surface area (Å²) >= 11 is 1.68. The molecule has 1 saturated heterocycles. The van der Waals surface area contributed by atoms with Crippen molar-refractivity contribution in [2.45, 2.75) is 32.2 Å². The second-order valence-electron chi connectivity index (χ2n) is 5.02. The van der Waals surface area contributed by atoms with Crippen molar-refractivity contribution in [3.05, 3.63) is 17.8 Å². The van der Waals surface area contributed by atoms with Crippen molar-refractivity contribution < 1.29 is 0 Å². The number of hydrogen-bond acceptors (Lipinski definition) is 5. The fraction of sp³-hybridized carbons (Fsp3) is 0.571. The van der Waals surface area contributed by atoms with Gasteiger partial charge in [0.25, 0.3) is 0 Å². The molecule has 3 rings (SSSR count). The van der Waals surface area contributed by atoms with Gasteiger partial charge in [0.05, 0.1) is 5.39 Å². The van der Waals surface area contributed by atoms with Crippen LogP contribution in [-0.2, 0) is 0 Å². The number of anilines is 1. The van der Waals surface area contributed by atoms with Crippen molar-refractivity contribution in [3.8, 4) is 0 Å². The number of fused-ring (bicyclic) bond motifs is 1. The van der Waals surface area contributed by atoms with E-state index in [4.69, 9.17) is 0 Å². The van der Waals surface area contributed by atoms with Crippen LogP contribution in [0.3, 0.4) is 0 Å². The first-order valence-electron chi connectivity index (χ1n) is 7.05. The molecular formula is C14H20N4S. The van der Waals surface area contributed by atoms with Gasteiger partial charge < -0.3 is 10.2 Å². The topological polar surface area (TPSA) is 41.0 Å². The van der Waals surface area contributed by atoms with E-state index < -0.39 is 0 Å². The van der Waals surface area contributed by atoms with E-state index in [1.54, 1.807) is 17.7 Å². The second kappa shape index (κ2) is 5.84. The number of rotatable bonds is 4. The number of thiophene rings is 1. The molecule has 1 unspecified atom stereocenters. The summed E-state index contributed by atoms with van der Waals surface area (Å²) in [6, 6.07) is 2.73. The van der Waals surface area contributed by atoms with Crippen LogP contribution in [0.4, 0.5) is 5.82 Å². The molecule has 0 aromatic carbocycles. The van der Waals surface area contributed by atoms with Crippen LogP contribution < -0.4 is 10.2 Å². The van der Waals surface area contributed by atoms with Gasteiger partial charge in [-0.15, -0.1) is 11.3 Å². The second-order valence-corrected chi connectivity index (χ2v) is 5.92. The highest BCUT2D eigenvalue weighted by Crippen LogP contribution is 2.27. The molecule has 102 valence electrons. The number of nitrogens with one attached hydrogen (secondary N) is 1. The lowest BCUT2D eigenvalue weighted by Gasteiger charge is -2.30. The summed E-state index contributed by atoms with van der Waals surface area (Å²) in [6.07, 6.45) is 5.61. The highest BCUT2D eigenvalue weighted by molar-refractivity contribution is 7.16. The highest BCUT2D eigenvalue weighted by Gasteiger charge is 2.18. The summed E-state index contributed by atoms with van der Waals surface area (Å²) in [4.78, 5) is 12.3. The van der Waals surface area contributed by atoms with Gasteiger partial charge in [-0.25, -0.2) is 9.97 Å². The van der Waals surface area contributed by atoms with E-state index in [1.165, 1.54) is 24.6 Å². The molecule has 3 heterocycles. The molecule has 1 N–H and O–H groups in total. The van der Waals surface area contributed by atoms with Crippen LogP contribution in [0.25, 0.3) is 10.2 Å². The molecule has 5 heteroatoms. The third-order valence-corrected chi connectivity index (χ3v) is 4.60. The molecule has 1 fully saturated rings. The SMILES string of the molecule is CCN(CC1CCCCN1)c1ncnc2sccc12. The lowest BCUT2D eigenvalue weighted by Crippen LogP contribution is -2.44. The fourth-order valence-electron chi connectivity index (χ4n) is 2.74. The molecule has 0 saturated carbocycles. The highest BCUT2D eigenvalue weighted by atomic mass is 32.1. The smallest absolute Gasteiger partial charge is 0.140 e. The van der Waals surface area contributed by atoms with Gasteiger partial charge in [-0.05, 0) is 37.8 Å². The van der Waals surface area contributed by atoms with Crippen molar-refractivity contribution in [2.75, 3.05) is 24.5 Å². The Hall–Kier alpha value is -1.20. The third-order valence-electron chi connectivity index (χ3n) is 3.78. The van der Waals surface area contributed by atoms with E-state index in [0.717, 1.165) is 30.3 Å². The summed E-state index contributed by atoms with van der Waals surface area (Å²) in [6.45, 7) is 5.38. The molecule has 1 aliphatic rings. The molecule has 19 heavy (non-hydrogen) atoms. The predicted molar refractivity (Wildman–Crippen MR) is 80.9 cm³/mol. The molecule has 0 bridgehead atoms. The van der Waals surface area contributed by atoms with Gasteiger partial charge in [0.15, 0.2) is 0 Å². The van der Waals surface area contributed by atoms with Crippen LogP contribution in [0.1, 0.15) is 26.2 Å². The van der Waals surface area contributed by atoms with Crippen LogP contribution in [0, 0.1) is 0 Å². The van der Waals surface area contributed by atoms with Crippen molar-refractivity contribution in [2.24, 2.45) is 0 Å². The zero-order valence-corrected chi connectivity index (χ0v) is 12.1. The summed E-state index contributed by atoms with van der Waals surface area (Å²) in [5.74, 6) is 1.08. The molecule has 2 aromatic rings. The maximum Gasteiger partial charge on any atom is 0.140 e. The Bertz CT molecular complexity index is 533. The Morgan fingerprint density at radius 1 is 1.42 bits per heavy atom. The number of aromatic nitrogens is 2. The van der Waals surface area contributed by atoms with Crippen molar-refractivity contribution in [1.82, 2.24) is 15.3 Å². The summed E-state index contributed by atoms with van der Waals surface area (Å²) in [5, 5.41) is 6.89. The van der Waals surface area contributed by atoms with Gasteiger partial charge in [-0.3, -0.25) is 0 Å². The largest absolute Gasteiger partial charge is 0.355 e. The molecule has 4 nitrogen and oxygen atoms in total. The standard InChI is InChI=1S/C14H20N4S/c1-2-18(9-11-5-3-4-7-15-11)13-12-6-8-19-14(12)17-10-16-13/h6,8,10-11,15H,2-5,7,9H2,1H3. The van der Waals surface area contributed by atoms with Gasteiger partial charge in [0, 0.05) is 19.1 Å². The Labute approximate surface area is 117 Å². The molecule has 0 spiro atoms. The van der Waals surface area contributed by atoms with Crippen LogP contribution in [0.2, 0.25) is 0 Å². The zero-order valence-electron chi connectivity index (χ0n) is 11.3. The molecule has 1 atom stereocenters. The molecule has 1 aliphatic heterocycles. The van der Waals surface area contributed by atoms with Crippen molar-refractivity contribution >= 4 is 27.4 Å². The van der Waals surface area contributed by atoms with Crippen LogP contribution >= 0.6 is 11.3 Å². The van der Waals surface area contributed by atoms with Gasteiger partial charge >= 0.3 is 0 Å². The zero-order chi connectivity index (χ0) is 13.1. The quantitative estimate of drug-likeness (QED) is 0.932. The Kier molecular flexibility index (Phi) is 3.94. The first kappa shape index (κ1) is 12.8. The molecule has 2 aromatic heterocycles. The summed E-state index contributed by atoms with van der Waals surface area (Å²) in [7, 11) is 0. The summed E-state index contributed by atoms with van der Waals surface area (Å²) < 4.78 is 0. The average Bonchev–Trinajstić information content (AvgIpc) is 2.94. The maximum atomic E-state index is 4.51. The van der Waals surface area contributed by atoms with Gasteiger partial charge in [0.2, 0.25) is 0 Å². The van der Waals surface area contributed by atoms with Gasteiger partial charge in [-0.2, -0.15) is 0 Å². The van der Waals surface area contributed by atoms with Gasteiger partial charge in [0.1, 0.15) is 17.0 Å². The van der Waals surface area contributed by atoms with E-state index in [0.29, 0.717) is 6.04 Å². The Morgan fingerprint density at radius 3 is 3.16 bits per heavy atom. The van der Waals surface area contributed by atoms with E-state index in [1.807, 2.05) is 0 Å². The molecule has 0 aliphatic carbocycles. The maximum absolute atomic E-state index is 4.51. The Morgan fingerprint density at radius 2 is 2.37 bits per heavy atom. The number of nitrogens with zero attached hydrogens (tertiary/aromatic N) is 3. The minimum atomic E-state index is 0.595. The monoisotopic (exact) mass is 276 g/mol. The van der Waals surface area contributed by atoms with E-state index in [9.17, 15) is 0 Å². The number of likely N-dealkylation sites (N-methyl/N-ethyl adjacent to an activating group) is 1. The summed E-state index contributed by atoms with van der Waals surface area (Å²) in [5.41, 5.74) is 0. The first-order chi connectivity index (χ1) is 9.38. The minimum absolute atomic E-state index is 0.595. The number of hydrogen-bond donors (Lipinski definition) is 1.